The Morgan fingerprint density at radius 2 is 1.88 bits per heavy atom. The van der Waals surface area contributed by atoms with Gasteiger partial charge in [0.2, 0.25) is 12.4 Å². The van der Waals surface area contributed by atoms with Crippen molar-refractivity contribution < 1.29 is 24.7 Å². The molecule has 0 saturated carbocycles. The van der Waals surface area contributed by atoms with Crippen molar-refractivity contribution in [2.75, 3.05) is 0 Å². The SMILES string of the molecule is O=C(C=Cc1cccc(C(=O)NN=Cc2cc[n+](O)cc2)c1)NO. The topological polar surface area (TPSA) is 115 Å². The predicted octanol–water partition coefficient (Wildman–Crippen LogP) is 0.494. The summed E-state index contributed by atoms with van der Waals surface area (Å²) in [6.45, 7) is 0. The van der Waals surface area contributed by atoms with E-state index in [2.05, 4.69) is 10.5 Å². The normalized spacial score (nSPS) is 10.9. The van der Waals surface area contributed by atoms with Crippen molar-refractivity contribution in [3.63, 3.8) is 0 Å². The lowest BCUT2D eigenvalue weighted by atomic mass is 10.1. The predicted molar refractivity (Wildman–Crippen MR) is 84.3 cm³/mol. The van der Waals surface area contributed by atoms with Crippen LogP contribution in [0, 0.1) is 0 Å². The molecular weight excluding hydrogens is 312 g/mol. The average molecular weight is 327 g/mol. The third kappa shape index (κ3) is 5.04. The largest absolute Gasteiger partial charge is 0.288 e. The summed E-state index contributed by atoms with van der Waals surface area (Å²) in [5.74, 6) is -1.08. The maximum Gasteiger partial charge on any atom is 0.271 e. The second-order valence-corrected chi connectivity index (χ2v) is 4.65. The number of rotatable bonds is 5. The molecule has 8 nitrogen and oxygen atoms in total. The lowest BCUT2D eigenvalue weighted by Gasteiger charge is -2.01. The summed E-state index contributed by atoms with van der Waals surface area (Å²) >= 11 is 0. The highest BCUT2D eigenvalue weighted by Gasteiger charge is 2.04. The summed E-state index contributed by atoms with van der Waals surface area (Å²) in [7, 11) is 0. The van der Waals surface area contributed by atoms with Gasteiger partial charge in [-0.1, -0.05) is 12.1 Å². The average Bonchev–Trinajstić information content (AvgIpc) is 2.61. The van der Waals surface area contributed by atoms with Crippen molar-refractivity contribution in [3.05, 3.63) is 71.6 Å². The van der Waals surface area contributed by atoms with E-state index in [1.165, 1.54) is 30.2 Å². The number of hydrogen-bond donors (Lipinski definition) is 4. The molecule has 4 N–H and O–H groups in total. The summed E-state index contributed by atoms with van der Waals surface area (Å²) in [5, 5.41) is 21.3. The molecule has 0 spiro atoms. The highest BCUT2D eigenvalue weighted by atomic mass is 16.5. The van der Waals surface area contributed by atoms with Gasteiger partial charge in [0.05, 0.1) is 6.21 Å². The van der Waals surface area contributed by atoms with Crippen LogP contribution in [0.4, 0.5) is 0 Å². The summed E-state index contributed by atoms with van der Waals surface area (Å²) in [6, 6.07) is 9.77. The van der Waals surface area contributed by atoms with E-state index in [4.69, 9.17) is 10.4 Å². The molecule has 1 heterocycles. The number of carbonyl (C=O) groups excluding carboxylic acids is 2. The molecule has 24 heavy (non-hydrogen) atoms. The molecule has 8 heteroatoms. The van der Waals surface area contributed by atoms with Crippen LogP contribution >= 0.6 is 0 Å². The molecule has 1 aromatic heterocycles. The van der Waals surface area contributed by atoms with E-state index in [1.807, 2.05) is 0 Å². The van der Waals surface area contributed by atoms with Gasteiger partial charge in [-0.25, -0.2) is 10.9 Å². The van der Waals surface area contributed by atoms with Gasteiger partial charge in [0, 0.05) is 34.1 Å². The number of aromatic nitrogens is 1. The smallest absolute Gasteiger partial charge is 0.271 e. The molecule has 0 aliphatic carbocycles. The number of hydrazone groups is 1. The number of nitrogens with one attached hydrogen (secondary N) is 2. The van der Waals surface area contributed by atoms with Crippen LogP contribution in [0.15, 0.2) is 60.0 Å². The molecule has 0 atom stereocenters. The van der Waals surface area contributed by atoms with Gasteiger partial charge in [0.1, 0.15) is 0 Å². The zero-order valence-electron chi connectivity index (χ0n) is 12.5. The molecule has 1 aromatic carbocycles. The van der Waals surface area contributed by atoms with E-state index in [-0.39, 0.29) is 0 Å². The summed E-state index contributed by atoms with van der Waals surface area (Å²) < 4.78 is 0.895. The van der Waals surface area contributed by atoms with Crippen LogP contribution in [-0.2, 0) is 4.79 Å². The molecule has 122 valence electrons. The number of hydroxylamine groups is 1. The highest BCUT2D eigenvalue weighted by molar-refractivity contribution is 5.96. The lowest BCUT2D eigenvalue weighted by molar-refractivity contribution is -0.904. The van der Waals surface area contributed by atoms with E-state index in [9.17, 15) is 9.59 Å². The number of benzene rings is 1. The van der Waals surface area contributed by atoms with E-state index >= 15 is 0 Å². The summed E-state index contributed by atoms with van der Waals surface area (Å²) in [4.78, 5) is 23.0. The van der Waals surface area contributed by atoms with Gasteiger partial charge in [-0.3, -0.25) is 20.0 Å². The first-order valence-electron chi connectivity index (χ1n) is 6.84. The first kappa shape index (κ1) is 16.8. The third-order valence-corrected chi connectivity index (χ3v) is 2.91. The lowest BCUT2D eigenvalue weighted by Crippen LogP contribution is -2.28. The standard InChI is InChI=1S/C16H14N4O4/c21-15(19-23)5-4-12-2-1-3-14(10-12)16(22)18-17-11-13-6-8-20(24)9-7-13/h1-11,24H,(H2,17,18,19,21,22,23)/p+1. The number of hydrogen-bond acceptors (Lipinski definition) is 5. The fourth-order valence-electron chi connectivity index (χ4n) is 1.74. The van der Waals surface area contributed by atoms with E-state index < -0.39 is 11.8 Å². The minimum Gasteiger partial charge on any atom is -0.288 e. The minimum atomic E-state index is -0.665. The Labute approximate surface area is 137 Å². The zero-order chi connectivity index (χ0) is 17.4. The second kappa shape index (κ2) is 8.20. The van der Waals surface area contributed by atoms with E-state index in [0.29, 0.717) is 16.7 Å². The molecule has 0 aliphatic heterocycles. The van der Waals surface area contributed by atoms with Gasteiger partial charge in [-0.15, -0.1) is 0 Å². The molecule has 2 rings (SSSR count). The number of carbonyl (C=O) groups is 2. The van der Waals surface area contributed by atoms with Crippen molar-refractivity contribution in [3.8, 4) is 0 Å². The molecule has 0 radical (unpaired) electrons. The molecule has 2 amide bonds. The molecule has 0 saturated heterocycles. The maximum absolute atomic E-state index is 12.0. The number of nitrogens with zero attached hydrogens (tertiary/aromatic N) is 2. The highest BCUT2D eigenvalue weighted by Crippen LogP contribution is 2.07. The van der Waals surface area contributed by atoms with Gasteiger partial charge in [0.25, 0.3) is 11.8 Å². The Balaban J connectivity index is 2.00. The van der Waals surface area contributed by atoms with E-state index in [1.54, 1.807) is 36.4 Å². The quantitative estimate of drug-likeness (QED) is 0.160. The van der Waals surface area contributed by atoms with Crippen LogP contribution < -0.4 is 15.6 Å². The minimum absolute atomic E-state index is 0.361. The molecule has 0 bridgehead atoms. The van der Waals surface area contributed by atoms with Gasteiger partial charge < -0.3 is 0 Å². The van der Waals surface area contributed by atoms with Crippen molar-refractivity contribution >= 4 is 24.1 Å². The monoisotopic (exact) mass is 327 g/mol. The second-order valence-electron chi connectivity index (χ2n) is 4.65. The van der Waals surface area contributed by atoms with Gasteiger partial charge in [-0.05, 0) is 23.8 Å². The van der Waals surface area contributed by atoms with Gasteiger partial charge >= 0.3 is 0 Å². The van der Waals surface area contributed by atoms with Crippen molar-refractivity contribution in [1.82, 2.24) is 10.9 Å². The molecular formula is C16H15N4O4+. The van der Waals surface area contributed by atoms with Crippen LogP contribution in [0.2, 0.25) is 0 Å². The molecule has 0 fully saturated rings. The first-order chi connectivity index (χ1) is 11.6. The maximum atomic E-state index is 12.0. The molecule has 0 unspecified atom stereocenters. The summed E-state index contributed by atoms with van der Waals surface area (Å²) in [6.07, 6.45) is 6.90. The molecule has 0 aliphatic rings. The van der Waals surface area contributed by atoms with Crippen molar-refractivity contribution in [2.45, 2.75) is 0 Å². The van der Waals surface area contributed by atoms with Crippen LogP contribution in [0.25, 0.3) is 6.08 Å². The van der Waals surface area contributed by atoms with Gasteiger partial charge in [-0.2, -0.15) is 5.10 Å². The van der Waals surface area contributed by atoms with Crippen LogP contribution in [0.5, 0.6) is 0 Å². The van der Waals surface area contributed by atoms with Crippen LogP contribution in [-0.4, -0.2) is 28.4 Å². The van der Waals surface area contributed by atoms with Crippen molar-refractivity contribution in [1.29, 1.82) is 0 Å². The number of amides is 2. The molecule has 2 aromatic rings. The fraction of sp³-hybridized carbons (Fsp3) is 0. The Kier molecular flexibility index (Phi) is 5.76. The van der Waals surface area contributed by atoms with Gasteiger partial charge in [0.15, 0.2) is 0 Å². The third-order valence-electron chi connectivity index (χ3n) is 2.91. The number of pyridine rings is 1. The first-order valence-corrected chi connectivity index (χ1v) is 6.84. The Morgan fingerprint density at radius 1 is 1.12 bits per heavy atom. The van der Waals surface area contributed by atoms with E-state index in [0.717, 1.165) is 10.8 Å². The Morgan fingerprint density at radius 3 is 2.58 bits per heavy atom. The van der Waals surface area contributed by atoms with Crippen LogP contribution in [0.1, 0.15) is 21.5 Å². The fourth-order valence-corrected chi connectivity index (χ4v) is 1.74. The Bertz CT molecular complexity index is 785. The Hall–Kier alpha value is -3.52. The zero-order valence-corrected chi connectivity index (χ0v) is 12.5. The summed E-state index contributed by atoms with van der Waals surface area (Å²) in [5.41, 5.74) is 5.54. The van der Waals surface area contributed by atoms with Crippen LogP contribution in [0.3, 0.4) is 0 Å². The van der Waals surface area contributed by atoms with Crippen molar-refractivity contribution in [2.24, 2.45) is 5.10 Å².